The second kappa shape index (κ2) is 5.93. The van der Waals surface area contributed by atoms with Gasteiger partial charge < -0.3 is 5.73 Å². The molecule has 1 aliphatic heterocycles. The molecule has 16 heavy (non-hydrogen) atoms. The Kier molecular flexibility index (Phi) is 5.14. The number of alkyl halides is 1. The summed E-state index contributed by atoms with van der Waals surface area (Å²) in [6.45, 7) is 1.77. The molecule has 0 aromatic carbocycles. The van der Waals surface area contributed by atoms with E-state index in [0.29, 0.717) is 6.54 Å². The van der Waals surface area contributed by atoms with E-state index < -0.39 is 16.7 Å². The Balaban J connectivity index is 2.74. The van der Waals surface area contributed by atoms with E-state index in [9.17, 15) is 12.8 Å². The second-order valence-corrected chi connectivity index (χ2v) is 6.43. The van der Waals surface area contributed by atoms with Crippen LogP contribution in [-0.2, 0) is 10.0 Å². The lowest BCUT2D eigenvalue weighted by molar-refractivity contribution is 0.227. The summed E-state index contributed by atoms with van der Waals surface area (Å²) >= 11 is 0. The van der Waals surface area contributed by atoms with Crippen molar-refractivity contribution in [3.8, 4) is 0 Å². The number of sulfonamides is 1. The zero-order valence-corrected chi connectivity index (χ0v) is 10.5. The average molecular weight is 252 g/mol. The van der Waals surface area contributed by atoms with E-state index >= 15 is 0 Å². The third kappa shape index (κ3) is 3.40. The molecule has 1 saturated heterocycles. The molecule has 0 aromatic rings. The smallest absolute Gasteiger partial charge is 0.214 e. The quantitative estimate of drug-likeness (QED) is 0.790. The van der Waals surface area contributed by atoms with Crippen LogP contribution in [0.3, 0.4) is 0 Å². The number of halogens is 1. The molecule has 0 bridgehead atoms. The molecular formula is C10H21FN2O2S. The Morgan fingerprint density at radius 1 is 1.50 bits per heavy atom. The zero-order valence-electron chi connectivity index (χ0n) is 9.73. The van der Waals surface area contributed by atoms with Gasteiger partial charge >= 0.3 is 0 Å². The molecule has 96 valence electrons. The van der Waals surface area contributed by atoms with Crippen LogP contribution in [0.2, 0.25) is 0 Å². The van der Waals surface area contributed by atoms with Gasteiger partial charge in [0.05, 0.1) is 12.4 Å². The summed E-state index contributed by atoms with van der Waals surface area (Å²) in [5.41, 5.74) is 5.80. The van der Waals surface area contributed by atoms with Crippen molar-refractivity contribution < 1.29 is 12.8 Å². The summed E-state index contributed by atoms with van der Waals surface area (Å²) < 4.78 is 37.4. The predicted molar refractivity (Wildman–Crippen MR) is 62.4 cm³/mol. The van der Waals surface area contributed by atoms with Gasteiger partial charge in [0.2, 0.25) is 10.0 Å². The molecule has 0 radical (unpaired) electrons. The minimum Gasteiger partial charge on any atom is -0.326 e. The van der Waals surface area contributed by atoms with E-state index in [1.54, 1.807) is 0 Å². The normalized spacial score (nSPS) is 25.6. The van der Waals surface area contributed by atoms with Gasteiger partial charge in [-0.3, -0.25) is 4.39 Å². The van der Waals surface area contributed by atoms with Gasteiger partial charge in [-0.15, -0.1) is 0 Å². The zero-order chi connectivity index (χ0) is 12.2. The fourth-order valence-electron chi connectivity index (χ4n) is 2.16. The molecule has 2 atom stereocenters. The first-order chi connectivity index (χ1) is 7.49. The van der Waals surface area contributed by atoms with Gasteiger partial charge in [-0.05, 0) is 26.2 Å². The van der Waals surface area contributed by atoms with Crippen molar-refractivity contribution in [1.82, 2.24) is 4.31 Å². The molecule has 1 heterocycles. The standard InChI is InChI=1S/C10H21FN2O2S/c1-9(12)10-5-2-3-7-13(10)16(14,15)8-4-6-11/h9-10H,2-8,12H2,1H3. The highest BCUT2D eigenvalue weighted by molar-refractivity contribution is 7.89. The summed E-state index contributed by atoms with van der Waals surface area (Å²) in [6, 6.07) is -0.279. The Bertz CT molecular complexity index is 306. The van der Waals surface area contributed by atoms with Gasteiger partial charge in [-0.25, -0.2) is 8.42 Å². The van der Waals surface area contributed by atoms with E-state index in [1.165, 1.54) is 4.31 Å². The lowest BCUT2D eigenvalue weighted by Gasteiger charge is -2.36. The molecule has 0 aliphatic carbocycles. The minimum absolute atomic E-state index is 0.0739. The summed E-state index contributed by atoms with van der Waals surface area (Å²) in [5, 5.41) is 0. The fraction of sp³-hybridized carbons (Fsp3) is 1.00. The van der Waals surface area contributed by atoms with Crippen molar-refractivity contribution in [2.24, 2.45) is 5.73 Å². The molecule has 0 spiro atoms. The van der Waals surface area contributed by atoms with E-state index in [-0.39, 0.29) is 24.3 Å². The van der Waals surface area contributed by atoms with Gasteiger partial charge in [-0.2, -0.15) is 4.31 Å². The number of hydrogen-bond donors (Lipinski definition) is 1. The maximum Gasteiger partial charge on any atom is 0.214 e. The summed E-state index contributed by atoms with van der Waals surface area (Å²) in [4.78, 5) is 0. The first kappa shape index (κ1) is 13.9. The maximum atomic E-state index is 12.0. The van der Waals surface area contributed by atoms with Crippen LogP contribution in [0.4, 0.5) is 4.39 Å². The van der Waals surface area contributed by atoms with Gasteiger partial charge in [0, 0.05) is 18.6 Å². The van der Waals surface area contributed by atoms with Crippen LogP contribution >= 0.6 is 0 Å². The Labute approximate surface area is 97.0 Å². The Hall–Kier alpha value is -0.200. The number of piperidine rings is 1. The molecule has 1 rings (SSSR count). The van der Waals surface area contributed by atoms with Gasteiger partial charge in [0.1, 0.15) is 0 Å². The van der Waals surface area contributed by atoms with Crippen molar-refractivity contribution in [3.05, 3.63) is 0 Å². The summed E-state index contributed by atoms with van der Waals surface area (Å²) in [6.07, 6.45) is 2.77. The van der Waals surface area contributed by atoms with Gasteiger partial charge in [0.15, 0.2) is 0 Å². The van der Waals surface area contributed by atoms with E-state index in [1.807, 2.05) is 6.92 Å². The van der Waals surface area contributed by atoms with Crippen molar-refractivity contribution in [3.63, 3.8) is 0 Å². The molecule has 0 amide bonds. The van der Waals surface area contributed by atoms with Crippen LogP contribution in [-0.4, -0.2) is 43.8 Å². The van der Waals surface area contributed by atoms with Crippen LogP contribution < -0.4 is 5.73 Å². The van der Waals surface area contributed by atoms with Crippen LogP contribution in [0, 0.1) is 0 Å². The maximum absolute atomic E-state index is 12.0. The molecule has 6 heteroatoms. The molecule has 1 fully saturated rings. The second-order valence-electron chi connectivity index (χ2n) is 4.39. The van der Waals surface area contributed by atoms with Crippen LogP contribution in [0.5, 0.6) is 0 Å². The number of nitrogens with two attached hydrogens (primary N) is 1. The lowest BCUT2D eigenvalue weighted by Crippen LogP contribution is -2.52. The molecule has 0 saturated carbocycles. The fourth-order valence-corrected chi connectivity index (χ4v) is 3.98. The van der Waals surface area contributed by atoms with Crippen LogP contribution in [0.15, 0.2) is 0 Å². The van der Waals surface area contributed by atoms with Crippen LogP contribution in [0.25, 0.3) is 0 Å². The third-order valence-electron chi connectivity index (χ3n) is 3.00. The first-order valence-electron chi connectivity index (χ1n) is 5.80. The Morgan fingerprint density at radius 2 is 2.19 bits per heavy atom. The van der Waals surface area contributed by atoms with E-state index in [4.69, 9.17) is 5.73 Å². The highest BCUT2D eigenvalue weighted by Crippen LogP contribution is 2.22. The molecule has 0 aromatic heterocycles. The Morgan fingerprint density at radius 3 is 2.75 bits per heavy atom. The van der Waals surface area contributed by atoms with Crippen molar-refractivity contribution >= 4 is 10.0 Å². The van der Waals surface area contributed by atoms with Crippen molar-refractivity contribution in [2.45, 2.75) is 44.7 Å². The highest BCUT2D eigenvalue weighted by atomic mass is 32.2. The molecule has 1 aliphatic rings. The van der Waals surface area contributed by atoms with Crippen LogP contribution in [0.1, 0.15) is 32.6 Å². The van der Waals surface area contributed by atoms with Crippen molar-refractivity contribution in [1.29, 1.82) is 0 Å². The third-order valence-corrected chi connectivity index (χ3v) is 4.97. The van der Waals surface area contributed by atoms with E-state index in [0.717, 1.165) is 19.3 Å². The lowest BCUT2D eigenvalue weighted by atomic mass is 10.00. The molecule has 2 N–H and O–H groups in total. The first-order valence-corrected chi connectivity index (χ1v) is 7.41. The molecule has 4 nitrogen and oxygen atoms in total. The molecule has 2 unspecified atom stereocenters. The predicted octanol–water partition coefficient (Wildman–Crippen LogP) is 0.877. The number of rotatable bonds is 5. The largest absolute Gasteiger partial charge is 0.326 e. The highest BCUT2D eigenvalue weighted by Gasteiger charge is 2.33. The SMILES string of the molecule is CC(N)C1CCCCN1S(=O)(=O)CCCF. The minimum atomic E-state index is -3.33. The monoisotopic (exact) mass is 252 g/mol. The average Bonchev–Trinajstić information content (AvgIpc) is 2.26. The number of hydrogen-bond acceptors (Lipinski definition) is 3. The topological polar surface area (TPSA) is 63.4 Å². The van der Waals surface area contributed by atoms with E-state index in [2.05, 4.69) is 0 Å². The summed E-state index contributed by atoms with van der Waals surface area (Å²) in [5.74, 6) is -0.104. The van der Waals surface area contributed by atoms with Gasteiger partial charge in [-0.1, -0.05) is 6.42 Å². The van der Waals surface area contributed by atoms with Gasteiger partial charge in [0.25, 0.3) is 0 Å². The summed E-state index contributed by atoms with van der Waals surface area (Å²) in [7, 11) is -3.33. The van der Waals surface area contributed by atoms with Crippen molar-refractivity contribution in [2.75, 3.05) is 19.0 Å². The molecular weight excluding hydrogens is 231 g/mol. The number of nitrogens with zero attached hydrogens (tertiary/aromatic N) is 1.